The first-order chi connectivity index (χ1) is 14.2. The molecule has 1 N–H and O–H groups in total. The van der Waals surface area contributed by atoms with Gasteiger partial charge in [-0.15, -0.1) is 0 Å². The van der Waals surface area contributed by atoms with E-state index in [-0.39, 0.29) is 31.0 Å². The molecule has 0 radical (unpaired) electrons. The molecule has 0 saturated heterocycles. The Morgan fingerprint density at radius 2 is 1.83 bits per heavy atom. The molecule has 30 heavy (non-hydrogen) atoms. The van der Waals surface area contributed by atoms with Crippen molar-refractivity contribution >= 4 is 39.3 Å². The minimum Gasteiger partial charge on any atom is -0.484 e. The molecule has 2 aromatic carbocycles. The van der Waals surface area contributed by atoms with E-state index in [4.69, 9.17) is 16.3 Å². The van der Waals surface area contributed by atoms with Gasteiger partial charge in [-0.05, 0) is 68.7 Å². The SMILES string of the molecule is CC[C@H](C)NC(=O)[C@@H](C)N(Cc1ccc(Cl)cc1)C(=O)COc1ccc(Br)c(C)c1. The van der Waals surface area contributed by atoms with Gasteiger partial charge in [0.15, 0.2) is 6.61 Å². The molecular weight excluding hydrogens is 468 g/mol. The van der Waals surface area contributed by atoms with Crippen LogP contribution in [-0.2, 0) is 16.1 Å². The summed E-state index contributed by atoms with van der Waals surface area (Å²) >= 11 is 9.42. The molecule has 0 aliphatic carbocycles. The minimum atomic E-state index is -0.641. The predicted octanol–water partition coefficient (Wildman–Crippen LogP) is 5.12. The van der Waals surface area contributed by atoms with Gasteiger partial charge in [0.2, 0.25) is 5.91 Å². The van der Waals surface area contributed by atoms with Crippen molar-refractivity contribution in [2.75, 3.05) is 6.61 Å². The lowest BCUT2D eigenvalue weighted by Gasteiger charge is -2.29. The van der Waals surface area contributed by atoms with Crippen molar-refractivity contribution < 1.29 is 14.3 Å². The monoisotopic (exact) mass is 494 g/mol. The molecule has 0 heterocycles. The number of rotatable bonds is 9. The maximum atomic E-state index is 13.0. The molecule has 7 heteroatoms. The molecule has 0 aromatic heterocycles. The van der Waals surface area contributed by atoms with E-state index in [1.807, 2.05) is 45.0 Å². The fraction of sp³-hybridized carbons (Fsp3) is 0.391. The van der Waals surface area contributed by atoms with E-state index in [1.165, 1.54) is 4.90 Å². The Kier molecular flexibility index (Phi) is 9.18. The van der Waals surface area contributed by atoms with E-state index in [9.17, 15) is 9.59 Å². The first kappa shape index (κ1) is 24.2. The van der Waals surface area contributed by atoms with Crippen LogP contribution in [-0.4, -0.2) is 35.4 Å². The molecule has 2 atom stereocenters. The average Bonchev–Trinajstić information content (AvgIpc) is 2.73. The Labute approximate surface area is 191 Å². The van der Waals surface area contributed by atoms with E-state index >= 15 is 0 Å². The molecule has 0 fully saturated rings. The first-order valence-electron chi connectivity index (χ1n) is 9.94. The van der Waals surface area contributed by atoms with Crippen LogP contribution < -0.4 is 10.1 Å². The largest absolute Gasteiger partial charge is 0.484 e. The van der Waals surface area contributed by atoms with Gasteiger partial charge in [0, 0.05) is 22.1 Å². The van der Waals surface area contributed by atoms with Crippen molar-refractivity contribution in [3.05, 3.63) is 63.1 Å². The molecule has 0 bridgehead atoms. The number of nitrogens with zero attached hydrogens (tertiary/aromatic N) is 1. The molecular formula is C23H28BrClN2O3. The molecule has 162 valence electrons. The molecule has 2 rings (SSSR count). The number of carbonyl (C=O) groups excluding carboxylic acids is 2. The van der Waals surface area contributed by atoms with Crippen molar-refractivity contribution in [2.24, 2.45) is 0 Å². The van der Waals surface area contributed by atoms with E-state index in [0.717, 1.165) is 22.0 Å². The number of carbonyl (C=O) groups is 2. The van der Waals surface area contributed by atoms with Crippen molar-refractivity contribution in [1.29, 1.82) is 0 Å². The second kappa shape index (κ2) is 11.4. The zero-order chi connectivity index (χ0) is 22.3. The van der Waals surface area contributed by atoms with Gasteiger partial charge in [-0.1, -0.05) is 46.6 Å². The smallest absolute Gasteiger partial charge is 0.261 e. The van der Waals surface area contributed by atoms with Gasteiger partial charge in [-0.3, -0.25) is 9.59 Å². The number of ether oxygens (including phenoxy) is 1. The van der Waals surface area contributed by atoms with Crippen molar-refractivity contribution in [3.8, 4) is 5.75 Å². The summed E-state index contributed by atoms with van der Waals surface area (Å²) in [6.07, 6.45) is 0.815. The number of hydrogen-bond donors (Lipinski definition) is 1. The van der Waals surface area contributed by atoms with Crippen molar-refractivity contribution in [1.82, 2.24) is 10.2 Å². The van der Waals surface area contributed by atoms with Gasteiger partial charge in [0.05, 0.1) is 0 Å². The maximum absolute atomic E-state index is 13.0. The molecule has 5 nitrogen and oxygen atoms in total. The zero-order valence-electron chi connectivity index (χ0n) is 17.7. The average molecular weight is 496 g/mol. The fourth-order valence-electron chi connectivity index (χ4n) is 2.77. The Morgan fingerprint density at radius 3 is 2.43 bits per heavy atom. The number of hydrogen-bond acceptors (Lipinski definition) is 3. The third kappa shape index (κ3) is 7.03. The highest BCUT2D eigenvalue weighted by Gasteiger charge is 2.27. The fourth-order valence-corrected chi connectivity index (χ4v) is 3.14. The lowest BCUT2D eigenvalue weighted by Crippen LogP contribution is -2.50. The summed E-state index contributed by atoms with van der Waals surface area (Å²) < 4.78 is 6.68. The van der Waals surface area contributed by atoms with Gasteiger partial charge in [-0.25, -0.2) is 0 Å². The van der Waals surface area contributed by atoms with Crippen LogP contribution in [0, 0.1) is 6.92 Å². The second-order valence-electron chi connectivity index (χ2n) is 7.34. The quantitative estimate of drug-likeness (QED) is 0.525. The summed E-state index contributed by atoms with van der Waals surface area (Å²) in [4.78, 5) is 27.2. The topological polar surface area (TPSA) is 58.6 Å². The molecule has 0 saturated carbocycles. The lowest BCUT2D eigenvalue weighted by atomic mass is 10.1. The van der Waals surface area contributed by atoms with Crippen LogP contribution in [0.25, 0.3) is 0 Å². The summed E-state index contributed by atoms with van der Waals surface area (Å²) in [5.74, 6) is 0.149. The normalized spacial score (nSPS) is 12.7. The Morgan fingerprint density at radius 1 is 1.17 bits per heavy atom. The molecule has 0 aliphatic rings. The van der Waals surface area contributed by atoms with Crippen LogP contribution in [0.1, 0.15) is 38.3 Å². The molecule has 0 unspecified atom stereocenters. The van der Waals surface area contributed by atoms with Gasteiger partial charge in [0.1, 0.15) is 11.8 Å². The molecule has 0 aliphatic heterocycles. The third-order valence-electron chi connectivity index (χ3n) is 4.93. The number of aryl methyl sites for hydroxylation is 1. The summed E-state index contributed by atoms with van der Waals surface area (Å²) in [5, 5.41) is 3.57. The number of amides is 2. The van der Waals surface area contributed by atoms with Gasteiger partial charge < -0.3 is 15.0 Å². The number of halogens is 2. The second-order valence-corrected chi connectivity index (χ2v) is 8.63. The number of benzene rings is 2. The van der Waals surface area contributed by atoms with E-state index in [0.29, 0.717) is 10.8 Å². The number of nitrogens with one attached hydrogen (secondary N) is 1. The first-order valence-corrected chi connectivity index (χ1v) is 11.1. The van der Waals surface area contributed by atoms with E-state index in [2.05, 4.69) is 21.2 Å². The Bertz CT molecular complexity index is 873. The minimum absolute atomic E-state index is 0.0365. The zero-order valence-corrected chi connectivity index (χ0v) is 20.1. The highest BCUT2D eigenvalue weighted by Crippen LogP contribution is 2.22. The Balaban J connectivity index is 2.15. The highest BCUT2D eigenvalue weighted by molar-refractivity contribution is 9.10. The van der Waals surface area contributed by atoms with Crippen LogP contribution in [0.4, 0.5) is 0 Å². The third-order valence-corrected chi connectivity index (χ3v) is 6.07. The van der Waals surface area contributed by atoms with Crippen molar-refractivity contribution in [3.63, 3.8) is 0 Å². The Hall–Kier alpha value is -2.05. The summed E-state index contributed by atoms with van der Waals surface area (Å²) in [6, 6.07) is 12.2. The van der Waals surface area contributed by atoms with Crippen LogP contribution in [0.15, 0.2) is 46.9 Å². The standard InChI is InChI=1S/C23H28BrClN2O3/c1-5-16(3)26-23(29)17(4)27(13-18-6-8-19(25)9-7-18)22(28)14-30-20-10-11-21(24)15(2)12-20/h6-12,16-17H,5,13-14H2,1-4H3,(H,26,29)/t16-,17+/m0/s1. The molecule has 2 aromatic rings. The van der Waals surface area contributed by atoms with Crippen LogP contribution in [0.5, 0.6) is 5.75 Å². The van der Waals surface area contributed by atoms with Crippen LogP contribution >= 0.6 is 27.5 Å². The maximum Gasteiger partial charge on any atom is 0.261 e. The summed E-state index contributed by atoms with van der Waals surface area (Å²) in [7, 11) is 0. The van der Waals surface area contributed by atoms with E-state index in [1.54, 1.807) is 25.1 Å². The van der Waals surface area contributed by atoms with Gasteiger partial charge >= 0.3 is 0 Å². The molecule has 0 spiro atoms. The summed E-state index contributed by atoms with van der Waals surface area (Å²) in [5.41, 5.74) is 1.90. The van der Waals surface area contributed by atoms with Crippen molar-refractivity contribution in [2.45, 2.75) is 52.7 Å². The van der Waals surface area contributed by atoms with Gasteiger partial charge in [-0.2, -0.15) is 0 Å². The lowest BCUT2D eigenvalue weighted by molar-refractivity contribution is -0.142. The van der Waals surface area contributed by atoms with E-state index < -0.39 is 6.04 Å². The van der Waals surface area contributed by atoms with Gasteiger partial charge in [0.25, 0.3) is 5.91 Å². The van der Waals surface area contributed by atoms with Crippen LogP contribution in [0.3, 0.4) is 0 Å². The molecule has 2 amide bonds. The predicted molar refractivity (Wildman–Crippen MR) is 124 cm³/mol. The van der Waals surface area contributed by atoms with Crippen LogP contribution in [0.2, 0.25) is 5.02 Å². The summed E-state index contributed by atoms with van der Waals surface area (Å²) in [6.45, 7) is 7.75. The highest BCUT2D eigenvalue weighted by atomic mass is 79.9.